The first kappa shape index (κ1) is 26.0. The van der Waals surface area contributed by atoms with E-state index < -0.39 is 0 Å². The molecule has 1 amide bonds. The topological polar surface area (TPSA) is 91.1 Å². The molecule has 2 saturated carbocycles. The zero-order valence-corrected chi connectivity index (χ0v) is 21.8. The minimum atomic E-state index is -0.319. The third kappa shape index (κ3) is 6.39. The van der Waals surface area contributed by atoms with Crippen LogP contribution < -0.4 is 4.74 Å². The molecule has 8 heteroatoms. The Balaban J connectivity index is 1.35. The predicted octanol–water partition coefficient (Wildman–Crippen LogP) is 6.05. The van der Waals surface area contributed by atoms with Gasteiger partial charge in [0.1, 0.15) is 23.8 Å². The van der Waals surface area contributed by atoms with Gasteiger partial charge in [-0.2, -0.15) is 0 Å². The fourth-order valence-electron chi connectivity index (χ4n) is 5.14. The number of rotatable bonds is 8. The lowest BCUT2D eigenvalue weighted by atomic mass is 9.87. The highest BCUT2D eigenvalue weighted by molar-refractivity contribution is 5.72. The zero-order valence-electron chi connectivity index (χ0n) is 21.8. The van der Waals surface area contributed by atoms with Crippen molar-refractivity contribution in [2.75, 3.05) is 7.05 Å². The molecule has 0 radical (unpaired) electrons. The second-order valence-corrected chi connectivity index (χ2v) is 10.3. The summed E-state index contributed by atoms with van der Waals surface area (Å²) in [7, 11) is 1.81. The van der Waals surface area contributed by atoms with E-state index >= 15 is 0 Å². The molecule has 1 heterocycles. The first-order chi connectivity index (χ1) is 17.3. The van der Waals surface area contributed by atoms with Crippen molar-refractivity contribution < 1.29 is 28.3 Å². The van der Waals surface area contributed by atoms with E-state index in [2.05, 4.69) is 5.16 Å². The van der Waals surface area contributed by atoms with Gasteiger partial charge in [-0.25, -0.2) is 4.79 Å². The molecule has 2 fully saturated rings. The maximum Gasteiger partial charge on any atom is 0.410 e. The van der Waals surface area contributed by atoms with Crippen molar-refractivity contribution in [3.63, 3.8) is 0 Å². The van der Waals surface area contributed by atoms with Crippen LogP contribution in [-0.4, -0.2) is 47.4 Å². The van der Waals surface area contributed by atoms with E-state index in [4.69, 9.17) is 18.7 Å². The largest absolute Gasteiger partial charge is 0.490 e. The van der Waals surface area contributed by atoms with Crippen LogP contribution in [0.5, 0.6) is 5.75 Å². The molecule has 0 aliphatic heterocycles. The van der Waals surface area contributed by atoms with Gasteiger partial charge in [-0.15, -0.1) is 0 Å². The van der Waals surface area contributed by atoms with Gasteiger partial charge in [-0.1, -0.05) is 18.0 Å². The summed E-state index contributed by atoms with van der Waals surface area (Å²) < 4.78 is 22.6. The van der Waals surface area contributed by atoms with Crippen molar-refractivity contribution >= 4 is 12.1 Å². The van der Waals surface area contributed by atoms with Gasteiger partial charge in [0.05, 0.1) is 23.7 Å². The molecule has 1 aromatic carbocycles. The molecule has 2 aromatic rings. The lowest BCUT2D eigenvalue weighted by Gasteiger charge is -2.29. The number of ether oxygens (including phenoxy) is 3. The highest BCUT2D eigenvalue weighted by atomic mass is 16.6. The van der Waals surface area contributed by atoms with E-state index in [0.717, 1.165) is 61.8 Å². The maximum absolute atomic E-state index is 12.5. The molecule has 0 unspecified atom stereocenters. The van der Waals surface area contributed by atoms with E-state index in [1.807, 2.05) is 45.0 Å². The van der Waals surface area contributed by atoms with Gasteiger partial charge in [0.2, 0.25) is 0 Å². The van der Waals surface area contributed by atoms with Crippen LogP contribution >= 0.6 is 0 Å². The molecular weight excluding hydrogens is 460 g/mol. The van der Waals surface area contributed by atoms with Gasteiger partial charge in [0.15, 0.2) is 0 Å². The molecule has 2 atom stereocenters. The average molecular weight is 499 g/mol. The third-order valence-corrected chi connectivity index (χ3v) is 7.23. The second-order valence-electron chi connectivity index (χ2n) is 10.3. The second kappa shape index (κ2) is 11.8. The molecule has 0 saturated heterocycles. The molecule has 0 N–H and O–H groups in total. The van der Waals surface area contributed by atoms with Crippen LogP contribution in [0.25, 0.3) is 11.3 Å². The van der Waals surface area contributed by atoms with Crippen LogP contribution in [0, 0.1) is 12.8 Å². The summed E-state index contributed by atoms with van der Waals surface area (Å²) >= 11 is 0. The Labute approximate surface area is 213 Å². The van der Waals surface area contributed by atoms with E-state index in [0.29, 0.717) is 17.9 Å². The fraction of sp³-hybridized carbons (Fsp3) is 0.607. The molecule has 1 aromatic heterocycles. The van der Waals surface area contributed by atoms with Crippen molar-refractivity contribution in [3.8, 4) is 17.0 Å². The molecule has 8 nitrogen and oxygen atoms in total. The van der Waals surface area contributed by atoms with Gasteiger partial charge < -0.3 is 23.6 Å². The van der Waals surface area contributed by atoms with E-state index in [1.54, 1.807) is 11.9 Å². The highest BCUT2D eigenvalue weighted by Gasteiger charge is 2.30. The zero-order chi connectivity index (χ0) is 25.7. The van der Waals surface area contributed by atoms with Crippen LogP contribution in [0.1, 0.15) is 76.5 Å². The average Bonchev–Trinajstić information content (AvgIpc) is 3.52. The van der Waals surface area contributed by atoms with Gasteiger partial charge in [-0.05, 0) is 83.6 Å². The van der Waals surface area contributed by atoms with Crippen LogP contribution in [0.3, 0.4) is 0 Å². The minimum Gasteiger partial charge on any atom is -0.490 e. The quantitative estimate of drug-likeness (QED) is 0.409. The van der Waals surface area contributed by atoms with Crippen LogP contribution in [0.4, 0.5) is 4.79 Å². The number of hydrogen-bond donors (Lipinski definition) is 0. The Morgan fingerprint density at radius 3 is 2.50 bits per heavy atom. The molecule has 0 spiro atoms. The van der Waals surface area contributed by atoms with Crippen molar-refractivity contribution in [1.29, 1.82) is 0 Å². The monoisotopic (exact) mass is 498 g/mol. The number of carbonyl (C=O) groups is 2. The van der Waals surface area contributed by atoms with E-state index in [-0.39, 0.29) is 42.8 Å². The minimum absolute atomic E-state index is 0.0181. The molecular formula is C28H38N2O6. The van der Waals surface area contributed by atoms with Crippen molar-refractivity contribution in [1.82, 2.24) is 10.1 Å². The molecule has 4 rings (SSSR count). The summed E-state index contributed by atoms with van der Waals surface area (Å²) in [4.78, 5) is 26.6. The summed E-state index contributed by atoms with van der Waals surface area (Å²) in [6.45, 7) is 5.67. The van der Waals surface area contributed by atoms with E-state index in [9.17, 15) is 9.59 Å². The maximum atomic E-state index is 12.5. The highest BCUT2D eigenvalue weighted by Crippen LogP contribution is 2.32. The van der Waals surface area contributed by atoms with Gasteiger partial charge in [0.25, 0.3) is 0 Å². The predicted molar refractivity (Wildman–Crippen MR) is 134 cm³/mol. The number of esters is 1. The number of aryl methyl sites for hydroxylation is 1. The van der Waals surface area contributed by atoms with Crippen LogP contribution in [0.15, 0.2) is 28.8 Å². The van der Waals surface area contributed by atoms with Gasteiger partial charge in [0, 0.05) is 18.7 Å². The molecule has 36 heavy (non-hydrogen) atoms. The number of benzene rings is 1. The summed E-state index contributed by atoms with van der Waals surface area (Å²) in [6.07, 6.45) is 7.30. The SMILES string of the molecule is Cc1onc(-c2ccc(O[C@H]3CCC[C@H](C(=O)OC(C)C)C3)cc2)c1COC(=O)N(C)C1CCCC1. The number of hydrogen-bond acceptors (Lipinski definition) is 7. The number of nitrogens with zero attached hydrogens (tertiary/aromatic N) is 2. The molecule has 2 aliphatic rings. The van der Waals surface area contributed by atoms with Crippen LogP contribution in [0.2, 0.25) is 0 Å². The Morgan fingerprint density at radius 1 is 1.08 bits per heavy atom. The summed E-state index contributed by atoms with van der Waals surface area (Å²) in [6, 6.07) is 7.91. The van der Waals surface area contributed by atoms with Crippen molar-refractivity contribution in [2.45, 2.75) is 97.0 Å². The van der Waals surface area contributed by atoms with E-state index in [1.165, 1.54) is 0 Å². The number of amides is 1. The fourth-order valence-corrected chi connectivity index (χ4v) is 5.14. The summed E-state index contributed by atoms with van der Waals surface area (Å²) in [5.74, 6) is 1.13. The van der Waals surface area contributed by atoms with Crippen LogP contribution in [-0.2, 0) is 20.9 Å². The lowest BCUT2D eigenvalue weighted by Crippen LogP contribution is -2.35. The normalized spacial score (nSPS) is 20.4. The van der Waals surface area contributed by atoms with Crippen molar-refractivity contribution in [2.24, 2.45) is 5.92 Å². The Bertz CT molecular complexity index is 1030. The smallest absolute Gasteiger partial charge is 0.410 e. The summed E-state index contributed by atoms with van der Waals surface area (Å²) in [5.41, 5.74) is 2.27. The van der Waals surface area contributed by atoms with Gasteiger partial charge in [-0.3, -0.25) is 4.79 Å². The third-order valence-electron chi connectivity index (χ3n) is 7.23. The first-order valence-electron chi connectivity index (χ1n) is 13.1. The Hall–Kier alpha value is -3.03. The molecule has 2 aliphatic carbocycles. The summed E-state index contributed by atoms with van der Waals surface area (Å²) in [5, 5.41) is 4.21. The molecule has 0 bridgehead atoms. The standard InChI is InChI=1S/C28H38N2O6/c1-18(2)34-27(31)21-8-7-11-24(16-21)35-23-14-12-20(13-15-23)26-25(19(3)36-29-26)17-33-28(32)30(4)22-9-5-6-10-22/h12-15,18,21-22,24H,5-11,16-17H2,1-4H3/t21-,24-/m0/s1. The van der Waals surface area contributed by atoms with Gasteiger partial charge >= 0.3 is 12.1 Å². The number of carbonyl (C=O) groups excluding carboxylic acids is 2. The first-order valence-corrected chi connectivity index (χ1v) is 13.1. The Morgan fingerprint density at radius 2 is 1.81 bits per heavy atom. The molecule has 196 valence electrons. The lowest BCUT2D eigenvalue weighted by molar-refractivity contribution is -0.154. The number of aromatic nitrogens is 1. The Kier molecular flexibility index (Phi) is 8.54. The van der Waals surface area contributed by atoms with Crippen molar-refractivity contribution in [3.05, 3.63) is 35.6 Å².